The van der Waals surface area contributed by atoms with Gasteiger partial charge in [-0.15, -0.1) is 0 Å². The van der Waals surface area contributed by atoms with Crippen molar-refractivity contribution in [2.45, 2.75) is 13.8 Å². The predicted octanol–water partition coefficient (Wildman–Crippen LogP) is 2.97. The first kappa shape index (κ1) is 18.0. The van der Waals surface area contributed by atoms with E-state index in [4.69, 9.17) is 26.4 Å². The smallest absolute Gasteiger partial charge is 0.264 e. The highest BCUT2D eigenvalue weighted by Crippen LogP contribution is 2.32. The molecule has 2 aromatic carbocycles. The molecule has 0 saturated carbocycles. The first-order valence-corrected chi connectivity index (χ1v) is 8.62. The molecule has 6 nitrogen and oxygen atoms in total. The van der Waals surface area contributed by atoms with E-state index in [9.17, 15) is 4.79 Å². The van der Waals surface area contributed by atoms with Crippen molar-refractivity contribution in [3.8, 4) is 17.2 Å². The van der Waals surface area contributed by atoms with E-state index < -0.39 is 0 Å². The lowest BCUT2D eigenvalue weighted by atomic mass is 10.1. The Balaban J connectivity index is 1.51. The van der Waals surface area contributed by atoms with E-state index in [2.05, 4.69) is 10.6 Å². The molecule has 0 aromatic heterocycles. The fourth-order valence-electron chi connectivity index (χ4n) is 2.45. The monoisotopic (exact) mass is 372 g/mol. The van der Waals surface area contributed by atoms with E-state index in [-0.39, 0.29) is 17.6 Å². The third-order valence-electron chi connectivity index (χ3n) is 3.76. The van der Waals surface area contributed by atoms with Gasteiger partial charge < -0.3 is 19.5 Å². The summed E-state index contributed by atoms with van der Waals surface area (Å²) in [5, 5.41) is 5.74. The van der Waals surface area contributed by atoms with Crippen LogP contribution in [0.4, 0.5) is 5.69 Å². The number of hydrogen-bond acceptors (Lipinski definition) is 5. The van der Waals surface area contributed by atoms with Gasteiger partial charge in [0, 0.05) is 11.8 Å². The van der Waals surface area contributed by atoms with Crippen LogP contribution < -0.4 is 24.8 Å². The minimum Gasteiger partial charge on any atom is -0.486 e. The van der Waals surface area contributed by atoms with Gasteiger partial charge in [0.2, 0.25) is 0 Å². The zero-order chi connectivity index (χ0) is 18.5. The fraction of sp³-hybridized carbons (Fsp3) is 0.263. The van der Waals surface area contributed by atoms with Crippen molar-refractivity contribution < 1.29 is 19.0 Å². The van der Waals surface area contributed by atoms with E-state index in [0.29, 0.717) is 36.1 Å². The minimum atomic E-state index is -0.332. The molecule has 0 bridgehead atoms. The highest BCUT2D eigenvalue weighted by Gasteiger charge is 2.13. The van der Waals surface area contributed by atoms with Crippen LogP contribution in [0.3, 0.4) is 0 Å². The van der Waals surface area contributed by atoms with Crippen LogP contribution in [-0.4, -0.2) is 30.8 Å². The summed E-state index contributed by atoms with van der Waals surface area (Å²) < 4.78 is 16.6. The molecular formula is C19H20N2O4S. The number of carbonyl (C=O) groups is 1. The number of rotatable bonds is 4. The van der Waals surface area contributed by atoms with E-state index in [1.165, 1.54) is 0 Å². The Labute approximate surface area is 157 Å². The molecule has 0 aliphatic carbocycles. The summed E-state index contributed by atoms with van der Waals surface area (Å²) in [5.41, 5.74) is 2.75. The lowest BCUT2D eigenvalue weighted by Gasteiger charge is -2.19. The Morgan fingerprint density at radius 2 is 1.88 bits per heavy atom. The Kier molecular flexibility index (Phi) is 5.58. The second-order valence-corrected chi connectivity index (χ2v) is 6.33. The number of anilines is 1. The van der Waals surface area contributed by atoms with Crippen LogP contribution in [-0.2, 0) is 4.79 Å². The molecule has 1 amide bonds. The molecule has 2 N–H and O–H groups in total. The van der Waals surface area contributed by atoms with Crippen molar-refractivity contribution in [2.24, 2.45) is 0 Å². The summed E-state index contributed by atoms with van der Waals surface area (Å²) in [6.07, 6.45) is 0. The third-order valence-corrected chi connectivity index (χ3v) is 3.96. The number of fused-ring (bicyclic) bond motifs is 1. The molecule has 2 aromatic rings. The van der Waals surface area contributed by atoms with Crippen molar-refractivity contribution in [3.63, 3.8) is 0 Å². The highest BCUT2D eigenvalue weighted by atomic mass is 32.1. The lowest BCUT2D eigenvalue weighted by Crippen LogP contribution is -2.37. The van der Waals surface area contributed by atoms with E-state index in [1.807, 2.05) is 32.0 Å². The number of nitrogens with one attached hydrogen (secondary N) is 2. The van der Waals surface area contributed by atoms with Crippen molar-refractivity contribution in [2.75, 3.05) is 25.1 Å². The van der Waals surface area contributed by atoms with Gasteiger partial charge in [0.15, 0.2) is 23.2 Å². The number of benzene rings is 2. The lowest BCUT2D eigenvalue weighted by molar-refractivity contribution is -0.121. The molecule has 0 atom stereocenters. The van der Waals surface area contributed by atoms with Crippen molar-refractivity contribution >= 4 is 28.9 Å². The topological polar surface area (TPSA) is 68.8 Å². The zero-order valence-corrected chi connectivity index (χ0v) is 15.4. The van der Waals surface area contributed by atoms with E-state index >= 15 is 0 Å². The van der Waals surface area contributed by atoms with Gasteiger partial charge in [0.1, 0.15) is 19.0 Å². The second kappa shape index (κ2) is 8.05. The van der Waals surface area contributed by atoms with Crippen molar-refractivity contribution in [3.05, 3.63) is 47.5 Å². The van der Waals surface area contributed by atoms with Gasteiger partial charge in [0.05, 0.1) is 0 Å². The summed E-state index contributed by atoms with van der Waals surface area (Å²) in [5.74, 6) is 1.69. The quantitative estimate of drug-likeness (QED) is 0.805. The molecule has 136 valence electrons. The van der Waals surface area contributed by atoms with Crippen LogP contribution >= 0.6 is 12.2 Å². The zero-order valence-electron chi connectivity index (χ0n) is 14.6. The van der Waals surface area contributed by atoms with Crippen LogP contribution in [0.1, 0.15) is 11.1 Å². The third kappa shape index (κ3) is 4.64. The Morgan fingerprint density at radius 1 is 1.12 bits per heavy atom. The first-order valence-electron chi connectivity index (χ1n) is 8.22. The van der Waals surface area contributed by atoms with Crippen molar-refractivity contribution in [1.82, 2.24) is 5.32 Å². The summed E-state index contributed by atoms with van der Waals surface area (Å²) in [7, 11) is 0. The highest BCUT2D eigenvalue weighted by molar-refractivity contribution is 7.80. The molecule has 0 unspecified atom stereocenters. The normalized spacial score (nSPS) is 12.2. The van der Waals surface area contributed by atoms with Crippen LogP contribution in [0, 0.1) is 13.8 Å². The number of carbonyl (C=O) groups excluding carboxylic acids is 1. The van der Waals surface area contributed by atoms with Crippen molar-refractivity contribution in [1.29, 1.82) is 0 Å². The second-order valence-electron chi connectivity index (χ2n) is 5.92. The largest absolute Gasteiger partial charge is 0.486 e. The van der Waals surface area contributed by atoms with Gasteiger partial charge in [0.25, 0.3) is 5.91 Å². The Hall–Kier alpha value is -2.80. The van der Waals surface area contributed by atoms with E-state index in [0.717, 1.165) is 11.1 Å². The average molecular weight is 372 g/mol. The maximum absolute atomic E-state index is 12.0. The van der Waals surface area contributed by atoms with Gasteiger partial charge in [-0.2, -0.15) is 0 Å². The SMILES string of the molecule is Cc1ccc(C)c(OCC(=O)NC(=S)Nc2ccc3c(c2)OCCO3)c1. The number of amides is 1. The fourth-order valence-corrected chi connectivity index (χ4v) is 2.68. The summed E-state index contributed by atoms with van der Waals surface area (Å²) >= 11 is 5.17. The first-order chi connectivity index (χ1) is 12.5. The van der Waals surface area contributed by atoms with Crippen LogP contribution in [0.15, 0.2) is 36.4 Å². The maximum atomic E-state index is 12.0. The van der Waals surface area contributed by atoms with Crippen LogP contribution in [0.5, 0.6) is 17.2 Å². The number of ether oxygens (including phenoxy) is 3. The Bertz CT molecular complexity index is 838. The molecule has 26 heavy (non-hydrogen) atoms. The van der Waals surface area contributed by atoms with Gasteiger partial charge >= 0.3 is 0 Å². The molecule has 1 aliphatic rings. The van der Waals surface area contributed by atoms with E-state index in [1.54, 1.807) is 18.2 Å². The summed E-state index contributed by atoms with van der Waals surface area (Å²) in [6.45, 7) is 4.83. The number of hydrogen-bond donors (Lipinski definition) is 2. The molecule has 3 rings (SSSR count). The van der Waals surface area contributed by atoms with Gasteiger partial charge in [-0.1, -0.05) is 12.1 Å². The molecular weight excluding hydrogens is 352 g/mol. The molecule has 1 aliphatic heterocycles. The Morgan fingerprint density at radius 3 is 2.69 bits per heavy atom. The average Bonchev–Trinajstić information content (AvgIpc) is 2.62. The van der Waals surface area contributed by atoms with Gasteiger partial charge in [-0.05, 0) is 55.4 Å². The molecule has 0 fully saturated rings. The van der Waals surface area contributed by atoms with Gasteiger partial charge in [-0.3, -0.25) is 10.1 Å². The molecule has 7 heteroatoms. The predicted molar refractivity (Wildman–Crippen MR) is 103 cm³/mol. The van der Waals surface area contributed by atoms with Crippen LogP contribution in [0.25, 0.3) is 0 Å². The molecule has 0 saturated heterocycles. The molecule has 0 spiro atoms. The number of aryl methyl sites for hydroxylation is 2. The molecule has 1 heterocycles. The summed E-state index contributed by atoms with van der Waals surface area (Å²) in [6, 6.07) is 11.2. The summed E-state index contributed by atoms with van der Waals surface area (Å²) in [4.78, 5) is 12.0. The minimum absolute atomic E-state index is 0.118. The standard InChI is InChI=1S/C19H20N2O4S/c1-12-3-4-13(2)16(9-12)25-11-18(22)21-19(26)20-14-5-6-15-17(10-14)24-8-7-23-15/h3-6,9-10H,7-8,11H2,1-2H3,(H2,20,21,22,26). The number of thiocarbonyl (C=S) groups is 1. The van der Waals surface area contributed by atoms with Gasteiger partial charge in [-0.25, -0.2) is 0 Å². The molecule has 0 radical (unpaired) electrons. The van der Waals surface area contributed by atoms with Crippen LogP contribution in [0.2, 0.25) is 0 Å². The maximum Gasteiger partial charge on any atom is 0.264 e.